The number of benzene rings is 1. The average Bonchev–Trinajstić information content (AvgIpc) is 2.96. The lowest BCUT2D eigenvalue weighted by Crippen LogP contribution is -2.16. The van der Waals surface area contributed by atoms with Crippen LogP contribution in [-0.4, -0.2) is 31.6 Å². The van der Waals surface area contributed by atoms with Crippen molar-refractivity contribution in [2.75, 3.05) is 10.5 Å². The highest BCUT2D eigenvalue weighted by Gasteiger charge is 2.15. The van der Waals surface area contributed by atoms with Gasteiger partial charge in [0.05, 0.1) is 29.1 Å². The molecule has 9 heteroatoms. The van der Waals surface area contributed by atoms with Gasteiger partial charge in [-0.3, -0.25) is 14.7 Å². The van der Waals surface area contributed by atoms with Crippen LogP contribution in [0.2, 0.25) is 0 Å². The van der Waals surface area contributed by atoms with Crippen LogP contribution in [0.15, 0.2) is 47.4 Å². The Morgan fingerprint density at radius 1 is 1.33 bits per heavy atom. The number of pyridine rings is 1. The molecule has 1 aromatic carbocycles. The van der Waals surface area contributed by atoms with Gasteiger partial charge in [-0.1, -0.05) is 12.1 Å². The minimum atomic E-state index is -0.916. The third-order valence-corrected chi connectivity index (χ3v) is 4.51. The number of aromatic nitrogens is 3. The first kappa shape index (κ1) is 18.3. The fourth-order valence-corrected chi connectivity index (χ4v) is 3.00. The Hall–Kier alpha value is -3.51. The van der Waals surface area contributed by atoms with E-state index in [2.05, 4.69) is 20.9 Å². The molecule has 2 aromatic heterocycles. The molecule has 136 valence electrons. The number of aliphatic carboxylic acids is 1. The maximum Gasteiger partial charge on any atom is 0.315 e. The monoisotopic (exact) mass is 381 g/mol. The fourth-order valence-electron chi connectivity index (χ4n) is 2.52. The van der Waals surface area contributed by atoms with Crippen molar-refractivity contribution < 1.29 is 9.90 Å². The molecule has 0 fully saturated rings. The topological polar surface area (TPSA) is 124 Å². The van der Waals surface area contributed by atoms with Crippen molar-refractivity contribution in [2.24, 2.45) is 0 Å². The second-order valence-electron chi connectivity index (χ2n) is 5.63. The first-order valence-electron chi connectivity index (χ1n) is 7.88. The van der Waals surface area contributed by atoms with Crippen LogP contribution in [0.3, 0.4) is 0 Å². The number of aromatic amines is 1. The minimum absolute atomic E-state index is 0.0784. The Kier molecular flexibility index (Phi) is 5.28. The van der Waals surface area contributed by atoms with E-state index in [9.17, 15) is 9.59 Å². The maximum atomic E-state index is 12.8. The Balaban J connectivity index is 1.86. The van der Waals surface area contributed by atoms with E-state index < -0.39 is 5.97 Å². The molecule has 0 saturated heterocycles. The molecular formula is C18H15N5O3S. The Morgan fingerprint density at radius 3 is 2.67 bits per heavy atom. The predicted molar refractivity (Wildman–Crippen MR) is 103 cm³/mol. The van der Waals surface area contributed by atoms with E-state index in [4.69, 9.17) is 10.4 Å². The van der Waals surface area contributed by atoms with E-state index in [1.807, 2.05) is 0 Å². The SMILES string of the molecule is Cc1[nH]n(-c2ccc(NSCC(=O)O)cn2)c(=O)c1-c1ccc(C#N)cc1. The van der Waals surface area contributed by atoms with Gasteiger partial charge in [-0.25, -0.2) is 9.67 Å². The van der Waals surface area contributed by atoms with Crippen molar-refractivity contribution in [3.8, 4) is 23.0 Å². The summed E-state index contributed by atoms with van der Waals surface area (Å²) in [6.45, 7) is 1.80. The molecule has 0 saturated carbocycles. The lowest BCUT2D eigenvalue weighted by atomic mass is 10.1. The van der Waals surface area contributed by atoms with Crippen molar-refractivity contribution >= 4 is 23.6 Å². The fraction of sp³-hybridized carbons (Fsp3) is 0.111. The highest BCUT2D eigenvalue weighted by molar-refractivity contribution is 8.01. The van der Waals surface area contributed by atoms with Crippen LogP contribution in [0.1, 0.15) is 11.3 Å². The Bertz CT molecular complexity index is 1060. The summed E-state index contributed by atoms with van der Waals surface area (Å²) in [4.78, 5) is 27.6. The number of carboxylic acids is 1. The summed E-state index contributed by atoms with van der Waals surface area (Å²) in [7, 11) is 0. The minimum Gasteiger partial charge on any atom is -0.481 e. The van der Waals surface area contributed by atoms with Crippen LogP contribution < -0.4 is 10.3 Å². The summed E-state index contributed by atoms with van der Waals surface area (Å²) in [5.41, 5.74) is 2.83. The van der Waals surface area contributed by atoms with Crippen LogP contribution in [0.25, 0.3) is 16.9 Å². The lowest BCUT2D eigenvalue weighted by Gasteiger charge is -2.05. The van der Waals surface area contributed by atoms with Crippen LogP contribution in [-0.2, 0) is 4.79 Å². The van der Waals surface area contributed by atoms with Gasteiger partial charge in [0.25, 0.3) is 5.56 Å². The van der Waals surface area contributed by atoms with Gasteiger partial charge in [-0.2, -0.15) is 5.26 Å². The third-order valence-electron chi connectivity index (χ3n) is 3.74. The number of nitrogens with zero attached hydrogens (tertiary/aromatic N) is 3. The van der Waals surface area contributed by atoms with Gasteiger partial charge in [0.15, 0.2) is 5.82 Å². The number of hydrogen-bond acceptors (Lipinski definition) is 6. The second-order valence-corrected chi connectivity index (χ2v) is 6.41. The normalized spacial score (nSPS) is 10.4. The molecule has 0 aliphatic heterocycles. The highest BCUT2D eigenvalue weighted by Crippen LogP contribution is 2.20. The number of rotatable bonds is 6. The summed E-state index contributed by atoms with van der Waals surface area (Å²) < 4.78 is 4.22. The summed E-state index contributed by atoms with van der Waals surface area (Å²) in [5.74, 6) is -0.581. The largest absolute Gasteiger partial charge is 0.481 e. The van der Waals surface area contributed by atoms with E-state index >= 15 is 0 Å². The van der Waals surface area contributed by atoms with Gasteiger partial charge in [0.2, 0.25) is 0 Å². The molecule has 0 radical (unpaired) electrons. The zero-order chi connectivity index (χ0) is 19.4. The Morgan fingerprint density at radius 2 is 2.07 bits per heavy atom. The number of nitrogens with one attached hydrogen (secondary N) is 2. The highest BCUT2D eigenvalue weighted by atomic mass is 32.2. The van der Waals surface area contributed by atoms with Crippen LogP contribution >= 0.6 is 11.9 Å². The van der Waals surface area contributed by atoms with Crippen LogP contribution in [0.5, 0.6) is 0 Å². The number of aryl methyl sites for hydroxylation is 1. The van der Waals surface area contributed by atoms with E-state index in [0.29, 0.717) is 28.3 Å². The van der Waals surface area contributed by atoms with Gasteiger partial charge in [0.1, 0.15) is 5.75 Å². The predicted octanol–water partition coefficient (Wildman–Crippen LogP) is 2.55. The molecule has 3 aromatic rings. The van der Waals surface area contributed by atoms with E-state index in [1.165, 1.54) is 10.9 Å². The second kappa shape index (κ2) is 7.80. The number of hydrogen-bond donors (Lipinski definition) is 3. The Labute approximate surface area is 158 Å². The average molecular weight is 381 g/mol. The zero-order valence-corrected chi connectivity index (χ0v) is 15.1. The summed E-state index contributed by atoms with van der Waals surface area (Å²) >= 11 is 1.04. The van der Waals surface area contributed by atoms with Crippen molar-refractivity contribution in [3.63, 3.8) is 0 Å². The molecule has 3 rings (SSSR count). The van der Waals surface area contributed by atoms with Gasteiger partial charge in [0, 0.05) is 5.69 Å². The molecule has 0 amide bonds. The number of nitriles is 1. The first-order valence-corrected chi connectivity index (χ1v) is 8.86. The van der Waals surface area contributed by atoms with Gasteiger partial charge >= 0.3 is 5.97 Å². The molecule has 8 nitrogen and oxygen atoms in total. The molecular weight excluding hydrogens is 366 g/mol. The number of anilines is 1. The lowest BCUT2D eigenvalue weighted by molar-refractivity contribution is -0.133. The third kappa shape index (κ3) is 4.02. The standard InChI is InChI=1S/C18H15N5O3S/c1-11-17(13-4-2-12(8-19)3-5-13)18(26)23(21-11)15-7-6-14(9-20-15)22-27-10-16(24)25/h2-7,9,21-22H,10H2,1H3,(H,24,25). The molecule has 0 spiro atoms. The molecule has 3 N–H and O–H groups in total. The summed E-state index contributed by atoms with van der Waals surface area (Å²) in [5, 5.41) is 20.5. The van der Waals surface area contributed by atoms with Crippen molar-refractivity contribution in [2.45, 2.75) is 6.92 Å². The van der Waals surface area contributed by atoms with Crippen LogP contribution in [0.4, 0.5) is 5.69 Å². The maximum absolute atomic E-state index is 12.8. The molecule has 2 heterocycles. The number of carboxylic acid groups (broad SMARTS) is 1. The van der Waals surface area contributed by atoms with Crippen molar-refractivity contribution in [1.29, 1.82) is 5.26 Å². The molecule has 0 unspecified atom stereocenters. The van der Waals surface area contributed by atoms with E-state index in [-0.39, 0.29) is 11.3 Å². The van der Waals surface area contributed by atoms with E-state index in [0.717, 1.165) is 17.5 Å². The first-order chi connectivity index (χ1) is 13.0. The molecule has 0 aliphatic carbocycles. The molecule has 0 aliphatic rings. The quantitative estimate of drug-likeness (QED) is 0.561. The number of carbonyl (C=O) groups is 1. The smallest absolute Gasteiger partial charge is 0.315 e. The number of H-pyrrole nitrogens is 1. The summed E-state index contributed by atoms with van der Waals surface area (Å²) in [6.07, 6.45) is 1.52. The van der Waals surface area contributed by atoms with Crippen molar-refractivity contribution in [1.82, 2.24) is 14.8 Å². The summed E-state index contributed by atoms with van der Waals surface area (Å²) in [6, 6.07) is 12.2. The van der Waals surface area contributed by atoms with Gasteiger partial charge in [-0.05, 0) is 48.7 Å². The van der Waals surface area contributed by atoms with Crippen LogP contribution in [0, 0.1) is 18.3 Å². The van der Waals surface area contributed by atoms with Gasteiger partial charge < -0.3 is 9.83 Å². The zero-order valence-electron chi connectivity index (χ0n) is 14.3. The molecule has 0 atom stereocenters. The molecule has 0 bridgehead atoms. The molecule has 27 heavy (non-hydrogen) atoms. The van der Waals surface area contributed by atoms with Gasteiger partial charge in [-0.15, -0.1) is 0 Å². The van der Waals surface area contributed by atoms with E-state index in [1.54, 1.807) is 43.3 Å². The van der Waals surface area contributed by atoms with Crippen molar-refractivity contribution in [3.05, 3.63) is 64.2 Å².